The Hall–Kier alpha value is -2.65. The van der Waals surface area contributed by atoms with Gasteiger partial charge in [-0.25, -0.2) is 4.79 Å². The monoisotopic (exact) mass is 326 g/mol. The molecule has 0 saturated carbocycles. The Kier molecular flexibility index (Phi) is 4.13. The van der Waals surface area contributed by atoms with Gasteiger partial charge in [0.2, 0.25) is 0 Å². The van der Waals surface area contributed by atoms with E-state index in [1.54, 1.807) is 24.3 Å². The molecule has 0 fully saturated rings. The molecule has 1 aliphatic rings. The highest BCUT2D eigenvalue weighted by Gasteiger charge is 2.24. The van der Waals surface area contributed by atoms with Gasteiger partial charge in [-0.2, -0.15) is 5.26 Å². The smallest absolute Gasteiger partial charge is 0.338 e. The fourth-order valence-electron chi connectivity index (χ4n) is 2.75. The second-order valence-corrected chi connectivity index (χ2v) is 6.27. The van der Waals surface area contributed by atoms with Crippen LogP contribution in [0.25, 0.3) is 0 Å². The number of esters is 1. The Balaban J connectivity index is 1.92. The summed E-state index contributed by atoms with van der Waals surface area (Å²) in [6.45, 7) is 0. The number of nitrogens with one attached hydrogen (secondary N) is 1. The lowest BCUT2D eigenvalue weighted by Crippen LogP contribution is -2.17. The quantitative estimate of drug-likeness (QED) is 0.879. The molecular weight excluding hydrogens is 312 g/mol. The number of nitriles is 1. The number of fused-ring (bicyclic) bond motifs is 1. The first-order chi connectivity index (χ1) is 11.2. The van der Waals surface area contributed by atoms with E-state index in [0.29, 0.717) is 10.6 Å². The Morgan fingerprint density at radius 2 is 2.00 bits per heavy atom. The summed E-state index contributed by atoms with van der Waals surface area (Å²) >= 11 is 1.45. The summed E-state index contributed by atoms with van der Waals surface area (Å²) in [7, 11) is 1.27. The molecule has 0 atom stereocenters. The third-order valence-electron chi connectivity index (χ3n) is 3.84. The van der Waals surface area contributed by atoms with Crippen molar-refractivity contribution in [1.29, 1.82) is 5.26 Å². The lowest BCUT2D eigenvalue weighted by Gasteiger charge is -2.08. The summed E-state index contributed by atoms with van der Waals surface area (Å²) in [5.74, 6) is -0.979. The molecule has 0 bridgehead atoms. The molecule has 1 aromatic carbocycles. The zero-order valence-corrected chi connectivity index (χ0v) is 13.3. The van der Waals surface area contributed by atoms with Crippen LogP contribution in [0.5, 0.6) is 0 Å². The molecular formula is C17H14N2O3S. The largest absolute Gasteiger partial charge is 0.465 e. The molecule has 1 N–H and O–H groups in total. The topological polar surface area (TPSA) is 79.2 Å². The van der Waals surface area contributed by atoms with Crippen LogP contribution in [-0.4, -0.2) is 19.0 Å². The van der Waals surface area contributed by atoms with E-state index in [-0.39, 0.29) is 11.1 Å². The second-order valence-electron chi connectivity index (χ2n) is 5.16. The number of methoxy groups -OCH3 is 1. The van der Waals surface area contributed by atoms with E-state index in [1.807, 2.05) is 0 Å². The van der Waals surface area contributed by atoms with E-state index >= 15 is 0 Å². The van der Waals surface area contributed by atoms with Crippen molar-refractivity contribution < 1.29 is 14.3 Å². The van der Waals surface area contributed by atoms with Gasteiger partial charge >= 0.3 is 5.97 Å². The molecule has 0 saturated heterocycles. The van der Waals surface area contributed by atoms with Crippen molar-refractivity contribution >= 4 is 28.2 Å². The second kappa shape index (κ2) is 6.23. The molecule has 1 aliphatic carbocycles. The Morgan fingerprint density at radius 1 is 1.26 bits per heavy atom. The number of hydrogen-bond donors (Lipinski definition) is 1. The van der Waals surface area contributed by atoms with Gasteiger partial charge in [-0.3, -0.25) is 4.79 Å². The predicted octanol–water partition coefficient (Wildman–Crippen LogP) is 3.15. The van der Waals surface area contributed by atoms with Crippen molar-refractivity contribution in [2.24, 2.45) is 0 Å². The van der Waals surface area contributed by atoms with Gasteiger partial charge in [-0.1, -0.05) is 12.1 Å². The van der Waals surface area contributed by atoms with Crippen molar-refractivity contribution in [3.63, 3.8) is 0 Å². The maximum absolute atomic E-state index is 12.5. The minimum absolute atomic E-state index is 0.204. The first-order valence-corrected chi connectivity index (χ1v) is 8.00. The number of ether oxygens (including phenoxy) is 1. The number of thiophene rings is 1. The van der Waals surface area contributed by atoms with Crippen molar-refractivity contribution in [1.82, 2.24) is 0 Å². The van der Waals surface area contributed by atoms with Crippen LogP contribution in [0.15, 0.2) is 24.3 Å². The number of benzene rings is 1. The molecule has 0 aliphatic heterocycles. The van der Waals surface area contributed by atoms with E-state index in [9.17, 15) is 14.9 Å². The molecule has 6 heteroatoms. The third kappa shape index (κ3) is 2.71. The summed E-state index contributed by atoms with van der Waals surface area (Å²) in [5, 5.41) is 12.7. The Bertz CT molecular complexity index is 833. The zero-order chi connectivity index (χ0) is 16.4. The molecule has 1 heterocycles. The molecule has 5 nitrogen and oxygen atoms in total. The molecule has 3 rings (SSSR count). The summed E-state index contributed by atoms with van der Waals surface area (Å²) < 4.78 is 4.70. The first-order valence-electron chi connectivity index (χ1n) is 7.19. The molecule has 2 aromatic rings. The van der Waals surface area contributed by atoms with Crippen LogP contribution < -0.4 is 5.32 Å². The minimum atomic E-state index is -0.565. The predicted molar refractivity (Wildman–Crippen MR) is 86.8 cm³/mol. The van der Waals surface area contributed by atoms with Gasteiger partial charge in [-0.05, 0) is 37.0 Å². The highest BCUT2D eigenvalue weighted by molar-refractivity contribution is 7.16. The van der Waals surface area contributed by atoms with Gasteiger partial charge in [-0.15, -0.1) is 11.3 Å². The Morgan fingerprint density at radius 3 is 2.70 bits per heavy atom. The summed E-state index contributed by atoms with van der Waals surface area (Å²) in [6.07, 6.45) is 2.88. The molecule has 0 spiro atoms. The van der Waals surface area contributed by atoms with Crippen molar-refractivity contribution in [2.75, 3.05) is 12.4 Å². The van der Waals surface area contributed by atoms with E-state index in [2.05, 4.69) is 11.4 Å². The summed E-state index contributed by atoms with van der Waals surface area (Å²) in [6, 6.07) is 8.64. The average Bonchev–Trinajstić information content (AvgIpc) is 3.14. The van der Waals surface area contributed by atoms with Crippen LogP contribution in [0.1, 0.15) is 43.1 Å². The van der Waals surface area contributed by atoms with Gasteiger partial charge in [0, 0.05) is 4.88 Å². The van der Waals surface area contributed by atoms with E-state index in [1.165, 1.54) is 18.4 Å². The number of carbonyl (C=O) groups excluding carboxylic acids is 2. The maximum atomic E-state index is 12.5. The highest BCUT2D eigenvalue weighted by atomic mass is 32.1. The number of carbonyl (C=O) groups is 2. The number of nitrogens with zero attached hydrogens (tertiary/aromatic N) is 1. The number of anilines is 1. The van der Waals surface area contributed by atoms with Crippen LogP contribution in [0.2, 0.25) is 0 Å². The van der Waals surface area contributed by atoms with E-state index in [0.717, 1.165) is 29.7 Å². The summed E-state index contributed by atoms with van der Waals surface area (Å²) in [4.78, 5) is 25.5. The number of amides is 1. The first kappa shape index (κ1) is 15.3. The average molecular weight is 326 g/mol. The standard InChI is InChI=1S/C17H14N2O3S/c1-22-17(21)12-6-3-2-5-11(12)15(20)19-16-13(9-18)10-7-4-8-14(10)23-16/h2-3,5-6H,4,7-8H2,1H3,(H,19,20). The van der Waals surface area contributed by atoms with Crippen LogP contribution >= 0.6 is 11.3 Å². The Labute approximate surface area is 137 Å². The molecule has 116 valence electrons. The lowest BCUT2D eigenvalue weighted by atomic mass is 10.1. The lowest BCUT2D eigenvalue weighted by molar-refractivity contribution is 0.0597. The van der Waals surface area contributed by atoms with Crippen LogP contribution in [0.4, 0.5) is 5.00 Å². The van der Waals surface area contributed by atoms with Gasteiger partial charge in [0.15, 0.2) is 0 Å². The number of rotatable bonds is 3. The SMILES string of the molecule is COC(=O)c1ccccc1C(=O)Nc1sc2c(c1C#N)CCC2. The van der Waals surface area contributed by atoms with Crippen LogP contribution in [-0.2, 0) is 17.6 Å². The van der Waals surface area contributed by atoms with E-state index < -0.39 is 11.9 Å². The molecule has 0 radical (unpaired) electrons. The molecule has 23 heavy (non-hydrogen) atoms. The van der Waals surface area contributed by atoms with Crippen molar-refractivity contribution in [3.8, 4) is 6.07 Å². The highest BCUT2D eigenvalue weighted by Crippen LogP contribution is 2.38. The molecule has 1 amide bonds. The van der Waals surface area contributed by atoms with Crippen LogP contribution in [0, 0.1) is 11.3 Å². The zero-order valence-electron chi connectivity index (χ0n) is 12.5. The fraction of sp³-hybridized carbons (Fsp3) is 0.235. The van der Waals surface area contributed by atoms with Gasteiger partial charge in [0.1, 0.15) is 11.1 Å². The van der Waals surface area contributed by atoms with Gasteiger partial charge in [0.05, 0.1) is 23.8 Å². The van der Waals surface area contributed by atoms with Gasteiger partial charge in [0.25, 0.3) is 5.91 Å². The van der Waals surface area contributed by atoms with E-state index in [4.69, 9.17) is 4.74 Å². The number of hydrogen-bond acceptors (Lipinski definition) is 5. The molecule has 0 unspecified atom stereocenters. The number of aryl methyl sites for hydroxylation is 1. The van der Waals surface area contributed by atoms with Crippen molar-refractivity contribution in [2.45, 2.75) is 19.3 Å². The molecule has 1 aromatic heterocycles. The minimum Gasteiger partial charge on any atom is -0.465 e. The van der Waals surface area contributed by atoms with Gasteiger partial charge < -0.3 is 10.1 Å². The summed E-state index contributed by atoms with van der Waals surface area (Å²) in [5.41, 5.74) is 2.03. The normalized spacial score (nSPS) is 12.3. The van der Waals surface area contributed by atoms with Crippen LogP contribution in [0.3, 0.4) is 0 Å². The fourth-order valence-corrected chi connectivity index (χ4v) is 3.98. The maximum Gasteiger partial charge on any atom is 0.338 e. The van der Waals surface area contributed by atoms with Crippen molar-refractivity contribution in [3.05, 3.63) is 51.4 Å². The third-order valence-corrected chi connectivity index (χ3v) is 5.04.